The van der Waals surface area contributed by atoms with Gasteiger partial charge in [-0.3, -0.25) is 4.21 Å². The zero-order valence-electron chi connectivity index (χ0n) is 8.02. The molecule has 0 aliphatic carbocycles. The van der Waals surface area contributed by atoms with Crippen LogP contribution in [0, 0.1) is 11.8 Å². The zero-order valence-corrected chi connectivity index (χ0v) is 8.83. The molecule has 0 fully saturated rings. The normalized spacial score (nSPS) is 14.6. The first kappa shape index (κ1) is 11.7. The molecule has 2 atom stereocenters. The molecule has 0 aromatic heterocycles. The van der Waals surface area contributed by atoms with Crippen molar-refractivity contribution in [2.45, 2.75) is 26.3 Å². The van der Waals surface area contributed by atoms with E-state index in [1.54, 1.807) is 6.26 Å². The molecule has 12 heavy (non-hydrogen) atoms. The fourth-order valence-electron chi connectivity index (χ4n) is 0.917. The molecule has 0 saturated heterocycles. The van der Waals surface area contributed by atoms with E-state index < -0.39 is 10.8 Å². The van der Waals surface area contributed by atoms with Crippen molar-refractivity contribution in [2.24, 2.45) is 0 Å². The molecule has 0 saturated carbocycles. The van der Waals surface area contributed by atoms with Gasteiger partial charge in [-0.05, 0) is 13.8 Å². The van der Waals surface area contributed by atoms with Crippen LogP contribution in [0.5, 0.6) is 0 Å². The number of rotatable bonds is 5. The first-order valence-corrected chi connectivity index (χ1v) is 5.82. The molecular formula is C9H17NOS. The predicted molar refractivity (Wildman–Crippen MR) is 54.5 cm³/mol. The summed E-state index contributed by atoms with van der Waals surface area (Å²) in [5.41, 5.74) is 0. The van der Waals surface area contributed by atoms with Gasteiger partial charge < -0.3 is 5.32 Å². The highest BCUT2D eigenvalue weighted by Gasteiger charge is 2.01. The number of hydrogen-bond donors (Lipinski definition) is 1. The molecule has 0 aliphatic rings. The summed E-state index contributed by atoms with van der Waals surface area (Å²) in [5.74, 6) is 6.52. The van der Waals surface area contributed by atoms with Crippen LogP contribution in [0.15, 0.2) is 0 Å². The Morgan fingerprint density at radius 2 is 2.25 bits per heavy atom. The predicted octanol–water partition coefficient (Wildman–Crippen LogP) is 0.756. The lowest BCUT2D eigenvalue weighted by atomic mass is 10.3. The van der Waals surface area contributed by atoms with Crippen LogP contribution < -0.4 is 5.32 Å². The minimum atomic E-state index is -0.701. The SMILES string of the molecule is CC#CCCNC(C)CS(C)=O. The fourth-order valence-corrected chi connectivity index (χ4v) is 1.74. The van der Waals surface area contributed by atoms with Gasteiger partial charge in [0.1, 0.15) is 0 Å². The average Bonchev–Trinajstić information content (AvgIpc) is 1.97. The van der Waals surface area contributed by atoms with Crippen LogP contribution in [-0.4, -0.2) is 28.8 Å². The van der Waals surface area contributed by atoms with E-state index in [4.69, 9.17) is 0 Å². The highest BCUT2D eigenvalue weighted by molar-refractivity contribution is 7.84. The van der Waals surface area contributed by atoms with Crippen molar-refractivity contribution in [3.63, 3.8) is 0 Å². The average molecular weight is 187 g/mol. The molecule has 0 aromatic carbocycles. The van der Waals surface area contributed by atoms with Gasteiger partial charge in [-0.25, -0.2) is 0 Å². The molecule has 0 aromatic rings. The molecule has 0 amide bonds. The van der Waals surface area contributed by atoms with E-state index in [2.05, 4.69) is 17.2 Å². The fraction of sp³-hybridized carbons (Fsp3) is 0.778. The van der Waals surface area contributed by atoms with Gasteiger partial charge in [-0.1, -0.05) is 0 Å². The summed E-state index contributed by atoms with van der Waals surface area (Å²) in [6, 6.07) is 0.328. The van der Waals surface area contributed by atoms with Gasteiger partial charge in [0.2, 0.25) is 0 Å². The maximum atomic E-state index is 10.8. The van der Waals surface area contributed by atoms with Gasteiger partial charge in [0.15, 0.2) is 0 Å². The Hall–Kier alpha value is -0.330. The van der Waals surface area contributed by atoms with E-state index in [1.807, 2.05) is 13.8 Å². The summed E-state index contributed by atoms with van der Waals surface area (Å²) in [7, 11) is -0.701. The van der Waals surface area contributed by atoms with E-state index >= 15 is 0 Å². The monoisotopic (exact) mass is 187 g/mol. The topological polar surface area (TPSA) is 29.1 Å². The number of hydrogen-bond acceptors (Lipinski definition) is 2. The first-order valence-electron chi connectivity index (χ1n) is 4.09. The van der Waals surface area contributed by atoms with Crippen molar-refractivity contribution in [3.8, 4) is 11.8 Å². The van der Waals surface area contributed by atoms with Crippen LogP contribution in [0.1, 0.15) is 20.3 Å². The minimum Gasteiger partial charge on any atom is -0.312 e. The smallest absolute Gasteiger partial charge is 0.0383 e. The van der Waals surface area contributed by atoms with Gasteiger partial charge in [0.25, 0.3) is 0 Å². The van der Waals surface area contributed by atoms with E-state index in [9.17, 15) is 4.21 Å². The summed E-state index contributed by atoms with van der Waals surface area (Å²) in [4.78, 5) is 0. The molecule has 0 bridgehead atoms. The Morgan fingerprint density at radius 1 is 1.58 bits per heavy atom. The second kappa shape index (κ2) is 7.33. The molecule has 0 spiro atoms. The van der Waals surface area contributed by atoms with Gasteiger partial charge >= 0.3 is 0 Å². The van der Waals surface area contributed by atoms with Crippen LogP contribution >= 0.6 is 0 Å². The minimum absolute atomic E-state index is 0.328. The second-order valence-electron chi connectivity index (χ2n) is 2.77. The highest BCUT2D eigenvalue weighted by Crippen LogP contribution is 1.85. The van der Waals surface area contributed by atoms with Gasteiger partial charge in [-0.2, -0.15) is 0 Å². The molecular weight excluding hydrogens is 170 g/mol. The van der Waals surface area contributed by atoms with Crippen LogP contribution in [-0.2, 0) is 10.8 Å². The Balaban J connectivity index is 3.35. The molecule has 0 aliphatic heterocycles. The lowest BCUT2D eigenvalue weighted by Gasteiger charge is -2.09. The summed E-state index contributed by atoms with van der Waals surface area (Å²) in [6.45, 7) is 4.77. The lowest BCUT2D eigenvalue weighted by Crippen LogP contribution is -2.31. The zero-order chi connectivity index (χ0) is 9.40. The van der Waals surface area contributed by atoms with E-state index in [0.29, 0.717) is 6.04 Å². The standard InChI is InChI=1S/C9H17NOS/c1-4-5-6-7-10-9(2)8-12(3)11/h9-10H,6-8H2,1-3H3. The Bertz CT molecular complexity index is 192. The molecule has 0 heterocycles. The summed E-state index contributed by atoms with van der Waals surface area (Å²) in [5, 5.41) is 3.25. The van der Waals surface area contributed by atoms with E-state index in [-0.39, 0.29) is 0 Å². The van der Waals surface area contributed by atoms with Crippen molar-refractivity contribution >= 4 is 10.8 Å². The molecule has 0 rings (SSSR count). The van der Waals surface area contributed by atoms with E-state index in [1.165, 1.54) is 0 Å². The first-order chi connectivity index (χ1) is 5.66. The molecule has 3 heteroatoms. The maximum absolute atomic E-state index is 10.8. The van der Waals surface area contributed by atoms with Crippen molar-refractivity contribution in [2.75, 3.05) is 18.6 Å². The van der Waals surface area contributed by atoms with Crippen molar-refractivity contribution in [1.29, 1.82) is 0 Å². The van der Waals surface area contributed by atoms with Gasteiger partial charge in [0, 0.05) is 41.8 Å². The third-order valence-corrected chi connectivity index (χ3v) is 2.37. The maximum Gasteiger partial charge on any atom is 0.0383 e. The molecule has 2 unspecified atom stereocenters. The summed E-state index contributed by atoms with van der Waals surface area (Å²) >= 11 is 0. The number of nitrogens with one attached hydrogen (secondary N) is 1. The molecule has 70 valence electrons. The van der Waals surface area contributed by atoms with Crippen LogP contribution in [0.2, 0.25) is 0 Å². The third-order valence-electron chi connectivity index (χ3n) is 1.40. The largest absolute Gasteiger partial charge is 0.312 e. The van der Waals surface area contributed by atoms with Gasteiger partial charge in [0.05, 0.1) is 0 Å². The van der Waals surface area contributed by atoms with Crippen molar-refractivity contribution in [1.82, 2.24) is 5.32 Å². The second-order valence-corrected chi connectivity index (χ2v) is 4.25. The Labute approximate surface area is 77.6 Å². The Morgan fingerprint density at radius 3 is 2.75 bits per heavy atom. The highest BCUT2D eigenvalue weighted by atomic mass is 32.2. The van der Waals surface area contributed by atoms with Crippen LogP contribution in [0.4, 0.5) is 0 Å². The molecule has 2 nitrogen and oxygen atoms in total. The van der Waals surface area contributed by atoms with Gasteiger partial charge in [-0.15, -0.1) is 11.8 Å². The van der Waals surface area contributed by atoms with Crippen LogP contribution in [0.3, 0.4) is 0 Å². The third kappa shape index (κ3) is 7.77. The summed E-state index contributed by atoms with van der Waals surface area (Å²) in [6.07, 6.45) is 2.60. The van der Waals surface area contributed by atoms with Crippen molar-refractivity contribution in [3.05, 3.63) is 0 Å². The van der Waals surface area contributed by atoms with E-state index in [0.717, 1.165) is 18.7 Å². The Kier molecular flexibility index (Phi) is 7.12. The molecule has 1 N–H and O–H groups in total. The lowest BCUT2D eigenvalue weighted by molar-refractivity contribution is 0.596. The van der Waals surface area contributed by atoms with Crippen LogP contribution in [0.25, 0.3) is 0 Å². The summed E-state index contributed by atoms with van der Waals surface area (Å²) < 4.78 is 10.8. The molecule has 0 radical (unpaired) electrons. The van der Waals surface area contributed by atoms with Crippen molar-refractivity contribution < 1.29 is 4.21 Å². The quantitative estimate of drug-likeness (QED) is 0.508.